The van der Waals surface area contributed by atoms with E-state index in [9.17, 15) is 4.79 Å². The lowest BCUT2D eigenvalue weighted by Gasteiger charge is -2.09. The summed E-state index contributed by atoms with van der Waals surface area (Å²) in [6.07, 6.45) is 0.272. The van der Waals surface area contributed by atoms with Crippen LogP contribution in [-0.4, -0.2) is 44.8 Å². The number of rotatable bonds is 10. The van der Waals surface area contributed by atoms with Crippen molar-refractivity contribution in [2.75, 3.05) is 26.4 Å². The first-order valence-electron chi connectivity index (χ1n) is 10.5. The number of epoxide rings is 2. The van der Waals surface area contributed by atoms with E-state index < -0.39 is 12.1 Å². The average Bonchev–Trinajstić information content (AvgIpc) is 3.76. The van der Waals surface area contributed by atoms with E-state index >= 15 is 0 Å². The highest BCUT2D eigenvalue weighted by Gasteiger charge is 2.34. The minimum atomic E-state index is -0.519. The van der Waals surface area contributed by atoms with Crippen LogP contribution in [0.5, 0.6) is 5.75 Å². The molecule has 0 amide bonds. The molecule has 2 fully saturated rings. The standard InChI is InChI=1S/C27H22O6/c1-2-3-4-5-7-24(33-27(28)25-18-31-25)22-10-8-20(9-11-22)21-12-14-23(15-13-21)29-16-6-17-30-26-19-32-26/h8-15,25-26H,1,6,16-19H2. The van der Waals surface area contributed by atoms with Gasteiger partial charge in [-0.25, -0.2) is 4.79 Å². The first-order valence-corrected chi connectivity index (χ1v) is 10.5. The number of hydrogen-bond donors (Lipinski definition) is 0. The van der Waals surface area contributed by atoms with Gasteiger partial charge in [-0.05, 0) is 64.9 Å². The summed E-state index contributed by atoms with van der Waals surface area (Å²) < 4.78 is 26.5. The van der Waals surface area contributed by atoms with E-state index in [1.54, 1.807) is 0 Å². The quantitative estimate of drug-likeness (QED) is 0.181. The van der Waals surface area contributed by atoms with E-state index in [1.165, 1.54) is 0 Å². The van der Waals surface area contributed by atoms with E-state index in [0.717, 1.165) is 23.3 Å². The van der Waals surface area contributed by atoms with E-state index in [2.05, 4.69) is 35.2 Å². The highest BCUT2D eigenvalue weighted by Crippen LogP contribution is 2.26. The van der Waals surface area contributed by atoms with Crippen LogP contribution in [0.25, 0.3) is 16.9 Å². The zero-order valence-corrected chi connectivity index (χ0v) is 18.0. The first-order chi connectivity index (χ1) is 16.2. The summed E-state index contributed by atoms with van der Waals surface area (Å²) in [7, 11) is 0. The molecule has 6 heteroatoms. The SMILES string of the molecule is C=C=C=C=C=C=C(OC(=O)C1CO1)c1ccc(-c2ccc(OCCCOC3CO3)cc2)cc1. The summed E-state index contributed by atoms with van der Waals surface area (Å²) in [5.41, 5.74) is 15.7. The molecule has 0 spiro atoms. The molecule has 2 heterocycles. The maximum atomic E-state index is 12.0. The molecule has 2 aliphatic rings. The van der Waals surface area contributed by atoms with Gasteiger partial charge in [0.2, 0.25) is 0 Å². The molecule has 166 valence electrons. The normalized spacial score (nSPS) is 17.3. The summed E-state index contributed by atoms with van der Waals surface area (Å²) in [6.45, 7) is 5.67. The second-order valence-corrected chi connectivity index (χ2v) is 7.19. The maximum Gasteiger partial charge on any atom is 0.343 e. The lowest BCUT2D eigenvalue weighted by atomic mass is 10.0. The third-order valence-electron chi connectivity index (χ3n) is 4.69. The maximum absolute atomic E-state index is 12.0. The molecule has 2 aromatic rings. The molecule has 4 rings (SSSR count). The van der Waals surface area contributed by atoms with Gasteiger partial charge in [-0.15, -0.1) is 0 Å². The summed E-state index contributed by atoms with van der Waals surface area (Å²) in [4.78, 5) is 12.0. The highest BCUT2D eigenvalue weighted by molar-refractivity contribution is 5.83. The fourth-order valence-electron chi connectivity index (χ4n) is 2.83. The van der Waals surface area contributed by atoms with Crippen LogP contribution in [0.4, 0.5) is 0 Å². The Bertz CT molecular complexity index is 1170. The lowest BCUT2D eigenvalue weighted by molar-refractivity contribution is -0.138. The fraction of sp³-hybridized carbons (Fsp3) is 0.259. The molecule has 0 saturated carbocycles. The number of carbonyl (C=O) groups excluding carboxylic acids is 1. The van der Waals surface area contributed by atoms with Gasteiger partial charge in [-0.3, -0.25) is 0 Å². The van der Waals surface area contributed by atoms with Crippen LogP contribution in [0.2, 0.25) is 0 Å². The van der Waals surface area contributed by atoms with Gasteiger partial charge in [0.05, 0.1) is 19.8 Å². The number of ether oxygens (including phenoxy) is 5. The Kier molecular flexibility index (Phi) is 7.61. The molecule has 0 aromatic heterocycles. The van der Waals surface area contributed by atoms with Crippen LogP contribution >= 0.6 is 0 Å². The zero-order chi connectivity index (χ0) is 22.9. The van der Waals surface area contributed by atoms with Gasteiger partial charge in [-0.1, -0.05) is 30.0 Å². The zero-order valence-electron chi connectivity index (χ0n) is 18.0. The summed E-state index contributed by atoms with van der Waals surface area (Å²) in [5.74, 6) is 0.562. The minimum absolute atomic E-state index is 0.0137. The fourth-order valence-corrected chi connectivity index (χ4v) is 2.83. The van der Waals surface area contributed by atoms with Crippen molar-refractivity contribution in [2.24, 2.45) is 0 Å². The van der Waals surface area contributed by atoms with Crippen molar-refractivity contribution in [2.45, 2.75) is 18.8 Å². The van der Waals surface area contributed by atoms with Crippen molar-refractivity contribution in [3.05, 3.63) is 89.3 Å². The molecule has 0 bridgehead atoms. The molecule has 0 radical (unpaired) electrons. The Balaban J connectivity index is 1.41. The largest absolute Gasteiger partial charge is 0.494 e. The Labute approximate surface area is 192 Å². The topological polar surface area (TPSA) is 69.8 Å². The monoisotopic (exact) mass is 442 g/mol. The van der Waals surface area contributed by atoms with Crippen molar-refractivity contribution in [1.29, 1.82) is 0 Å². The van der Waals surface area contributed by atoms with Gasteiger partial charge in [0, 0.05) is 12.0 Å². The van der Waals surface area contributed by atoms with E-state index in [4.69, 9.17) is 23.7 Å². The highest BCUT2D eigenvalue weighted by atomic mass is 16.8. The van der Waals surface area contributed by atoms with Crippen molar-refractivity contribution >= 4 is 11.7 Å². The average molecular weight is 442 g/mol. The van der Waals surface area contributed by atoms with Gasteiger partial charge in [0.1, 0.15) is 12.4 Å². The molecular weight excluding hydrogens is 420 g/mol. The first kappa shape index (κ1) is 22.4. The minimum Gasteiger partial charge on any atom is -0.494 e. The Hall–Kier alpha value is -3.77. The van der Waals surface area contributed by atoms with Gasteiger partial charge < -0.3 is 23.7 Å². The second kappa shape index (κ2) is 11.2. The van der Waals surface area contributed by atoms with Crippen LogP contribution in [0.1, 0.15) is 12.0 Å². The summed E-state index contributed by atoms with van der Waals surface area (Å²) >= 11 is 0. The molecule has 2 aliphatic heterocycles. The molecular formula is C27H22O6. The molecule has 0 aliphatic carbocycles. The van der Waals surface area contributed by atoms with Crippen LogP contribution in [-0.2, 0) is 23.7 Å². The van der Waals surface area contributed by atoms with E-state index in [-0.39, 0.29) is 12.0 Å². The third kappa shape index (κ3) is 7.12. The Morgan fingerprint density at radius 2 is 1.64 bits per heavy atom. The van der Waals surface area contributed by atoms with Crippen LogP contribution in [0.3, 0.4) is 0 Å². The number of carbonyl (C=O) groups is 1. The third-order valence-corrected chi connectivity index (χ3v) is 4.69. The molecule has 6 nitrogen and oxygen atoms in total. The van der Waals surface area contributed by atoms with Crippen molar-refractivity contribution < 1.29 is 28.5 Å². The van der Waals surface area contributed by atoms with Crippen molar-refractivity contribution in [3.8, 4) is 16.9 Å². The lowest BCUT2D eigenvalue weighted by Crippen LogP contribution is -2.10. The van der Waals surface area contributed by atoms with Crippen LogP contribution in [0.15, 0.2) is 83.8 Å². The molecule has 33 heavy (non-hydrogen) atoms. The molecule has 2 atom stereocenters. The van der Waals surface area contributed by atoms with Gasteiger partial charge in [-0.2, -0.15) is 0 Å². The predicted molar refractivity (Wildman–Crippen MR) is 120 cm³/mol. The molecule has 2 saturated heterocycles. The van der Waals surface area contributed by atoms with Gasteiger partial charge in [0.15, 0.2) is 18.2 Å². The van der Waals surface area contributed by atoms with Gasteiger partial charge >= 0.3 is 5.97 Å². The summed E-state index contributed by atoms with van der Waals surface area (Å²) in [5, 5.41) is 0. The smallest absolute Gasteiger partial charge is 0.343 e. The van der Waals surface area contributed by atoms with Gasteiger partial charge in [0.25, 0.3) is 0 Å². The number of hydrogen-bond acceptors (Lipinski definition) is 6. The Morgan fingerprint density at radius 3 is 2.27 bits per heavy atom. The molecule has 2 unspecified atom stereocenters. The predicted octanol–water partition coefficient (Wildman–Crippen LogP) is 4.18. The second-order valence-electron chi connectivity index (χ2n) is 7.19. The Morgan fingerprint density at radius 1 is 0.939 bits per heavy atom. The van der Waals surface area contributed by atoms with E-state index in [0.29, 0.717) is 32.0 Å². The number of benzene rings is 2. The van der Waals surface area contributed by atoms with Crippen LogP contribution < -0.4 is 4.74 Å². The molecule has 2 aromatic carbocycles. The summed E-state index contributed by atoms with van der Waals surface area (Å²) in [6, 6.07) is 15.4. The van der Waals surface area contributed by atoms with Crippen LogP contribution in [0, 0.1) is 0 Å². The van der Waals surface area contributed by atoms with E-state index in [1.807, 2.05) is 48.5 Å². The van der Waals surface area contributed by atoms with Crippen molar-refractivity contribution in [3.63, 3.8) is 0 Å². The number of esters is 1. The van der Waals surface area contributed by atoms with Crippen molar-refractivity contribution in [1.82, 2.24) is 0 Å². The molecule has 0 N–H and O–H groups in total.